The highest BCUT2D eigenvalue weighted by atomic mass is 16.5. The van der Waals surface area contributed by atoms with Gasteiger partial charge in [-0.15, -0.1) is 0 Å². The molecule has 1 aliphatic rings. The highest BCUT2D eigenvalue weighted by molar-refractivity contribution is 5.72. The van der Waals surface area contributed by atoms with Crippen LogP contribution < -0.4 is 4.74 Å². The van der Waals surface area contributed by atoms with E-state index in [1.165, 1.54) is 19.3 Å². The van der Waals surface area contributed by atoms with E-state index in [4.69, 9.17) is 4.74 Å². The van der Waals surface area contributed by atoms with Gasteiger partial charge < -0.3 is 14.7 Å². The molecule has 1 aromatic carbocycles. The monoisotopic (exact) mass is 333 g/mol. The number of nitrogens with zero attached hydrogens (tertiary/aromatic N) is 1. The largest absolute Gasteiger partial charge is 0.479 e. The third-order valence-electron chi connectivity index (χ3n) is 4.73. The number of benzene rings is 1. The number of aryl methyl sites for hydroxylation is 1. The first-order valence-electron chi connectivity index (χ1n) is 9.19. The summed E-state index contributed by atoms with van der Waals surface area (Å²) in [5, 5.41) is 9.53. The molecule has 0 saturated carbocycles. The summed E-state index contributed by atoms with van der Waals surface area (Å²) in [5.74, 6) is 0.156. The summed E-state index contributed by atoms with van der Waals surface area (Å²) in [7, 11) is 0. The molecule has 1 aromatic rings. The molecule has 1 aliphatic heterocycles. The number of ether oxygens (including phenoxy) is 1. The Morgan fingerprint density at radius 2 is 1.96 bits per heavy atom. The van der Waals surface area contributed by atoms with Gasteiger partial charge in [-0.3, -0.25) is 0 Å². The van der Waals surface area contributed by atoms with Crippen molar-refractivity contribution in [3.05, 3.63) is 29.3 Å². The van der Waals surface area contributed by atoms with Gasteiger partial charge in [0, 0.05) is 0 Å². The van der Waals surface area contributed by atoms with Gasteiger partial charge in [0.05, 0.1) is 0 Å². The molecule has 0 radical (unpaired) electrons. The lowest BCUT2D eigenvalue weighted by Crippen LogP contribution is -2.33. The van der Waals surface area contributed by atoms with E-state index < -0.39 is 12.1 Å². The first kappa shape index (κ1) is 18.8. The Labute approximate surface area is 145 Å². The van der Waals surface area contributed by atoms with Crippen molar-refractivity contribution in [3.8, 4) is 5.75 Å². The van der Waals surface area contributed by atoms with Crippen LogP contribution in [0.4, 0.5) is 0 Å². The predicted octanol–water partition coefficient (Wildman–Crippen LogP) is 4.22. The van der Waals surface area contributed by atoms with Gasteiger partial charge in [-0.05, 0) is 75.4 Å². The quantitative estimate of drug-likeness (QED) is 0.774. The fraction of sp³-hybridized carbons (Fsp3) is 0.650. The van der Waals surface area contributed by atoms with Crippen molar-refractivity contribution in [2.75, 3.05) is 19.6 Å². The van der Waals surface area contributed by atoms with Crippen LogP contribution in [0.5, 0.6) is 5.75 Å². The molecule has 0 aliphatic carbocycles. The molecule has 1 unspecified atom stereocenters. The van der Waals surface area contributed by atoms with Crippen LogP contribution in [0.3, 0.4) is 0 Å². The van der Waals surface area contributed by atoms with Crippen molar-refractivity contribution in [1.29, 1.82) is 0 Å². The van der Waals surface area contributed by atoms with Crippen LogP contribution in [0.15, 0.2) is 18.2 Å². The minimum atomic E-state index is -0.871. The lowest BCUT2D eigenvalue weighted by atomic mass is 10.0. The van der Waals surface area contributed by atoms with Crippen LogP contribution in [-0.2, 0) is 4.79 Å². The van der Waals surface area contributed by atoms with Crippen LogP contribution in [0.2, 0.25) is 0 Å². The van der Waals surface area contributed by atoms with Gasteiger partial charge in [-0.1, -0.05) is 32.4 Å². The van der Waals surface area contributed by atoms with Crippen molar-refractivity contribution < 1.29 is 14.6 Å². The lowest BCUT2D eigenvalue weighted by molar-refractivity contribution is -0.145. The summed E-state index contributed by atoms with van der Waals surface area (Å²) in [6, 6.07) is 6.05. The minimum absolute atomic E-state index is 0.309. The molecule has 0 spiro atoms. The van der Waals surface area contributed by atoms with Crippen LogP contribution in [-0.4, -0.2) is 41.7 Å². The highest BCUT2D eigenvalue weighted by Crippen LogP contribution is 2.29. The SMILES string of the molecule is Cc1ccc(C(C)C)c(OC(CCCN2CCCCC2)C(=O)O)c1. The Kier molecular flexibility index (Phi) is 7.10. The van der Waals surface area contributed by atoms with Gasteiger partial charge in [0.15, 0.2) is 6.10 Å². The maximum absolute atomic E-state index is 11.6. The number of carbonyl (C=O) groups is 1. The first-order valence-corrected chi connectivity index (χ1v) is 9.19. The van der Waals surface area contributed by atoms with Gasteiger partial charge in [0.25, 0.3) is 0 Å². The normalized spacial score (nSPS) is 17.0. The average Bonchev–Trinajstić information content (AvgIpc) is 2.54. The third-order valence-corrected chi connectivity index (χ3v) is 4.73. The zero-order valence-corrected chi connectivity index (χ0v) is 15.3. The number of piperidine rings is 1. The van der Waals surface area contributed by atoms with E-state index in [0.717, 1.165) is 42.9 Å². The highest BCUT2D eigenvalue weighted by Gasteiger charge is 2.22. The fourth-order valence-electron chi connectivity index (χ4n) is 3.29. The minimum Gasteiger partial charge on any atom is -0.479 e. The second-order valence-corrected chi connectivity index (χ2v) is 7.19. The number of carboxylic acid groups (broad SMARTS) is 1. The average molecular weight is 333 g/mol. The topological polar surface area (TPSA) is 49.8 Å². The Hall–Kier alpha value is -1.55. The number of carboxylic acids is 1. The molecule has 1 atom stereocenters. The number of hydrogen-bond acceptors (Lipinski definition) is 3. The first-order chi connectivity index (χ1) is 11.5. The standard InChI is InChI=1S/C20H31NO3/c1-15(2)17-10-9-16(3)14-19(17)24-18(20(22)23)8-7-13-21-11-5-4-6-12-21/h9-10,14-15,18H,4-8,11-13H2,1-3H3,(H,22,23). The smallest absolute Gasteiger partial charge is 0.344 e. The number of hydrogen-bond donors (Lipinski definition) is 1. The van der Waals surface area contributed by atoms with Crippen molar-refractivity contribution in [1.82, 2.24) is 4.90 Å². The maximum atomic E-state index is 11.6. The summed E-state index contributed by atoms with van der Waals surface area (Å²) in [4.78, 5) is 14.1. The zero-order chi connectivity index (χ0) is 17.5. The predicted molar refractivity (Wildman–Crippen MR) is 96.8 cm³/mol. The number of aliphatic carboxylic acids is 1. The molecule has 24 heavy (non-hydrogen) atoms. The van der Waals surface area contributed by atoms with Crippen LogP contribution in [0.25, 0.3) is 0 Å². The molecule has 1 heterocycles. The molecule has 4 heteroatoms. The maximum Gasteiger partial charge on any atom is 0.344 e. The molecule has 134 valence electrons. The lowest BCUT2D eigenvalue weighted by Gasteiger charge is -2.27. The van der Waals surface area contributed by atoms with Gasteiger partial charge in [-0.25, -0.2) is 4.79 Å². The summed E-state index contributed by atoms with van der Waals surface area (Å²) in [6.07, 6.45) is 4.49. The van der Waals surface area contributed by atoms with E-state index >= 15 is 0 Å². The number of likely N-dealkylation sites (tertiary alicyclic amines) is 1. The molecular formula is C20H31NO3. The zero-order valence-electron chi connectivity index (χ0n) is 15.3. The van der Waals surface area contributed by atoms with E-state index in [0.29, 0.717) is 12.3 Å². The Bertz CT molecular complexity index is 536. The Balaban J connectivity index is 1.95. The van der Waals surface area contributed by atoms with Crippen LogP contribution >= 0.6 is 0 Å². The Morgan fingerprint density at radius 3 is 2.58 bits per heavy atom. The van der Waals surface area contributed by atoms with Crippen molar-refractivity contribution in [2.24, 2.45) is 0 Å². The van der Waals surface area contributed by atoms with Crippen LogP contribution in [0, 0.1) is 6.92 Å². The van der Waals surface area contributed by atoms with Gasteiger partial charge in [0.2, 0.25) is 0 Å². The van der Waals surface area contributed by atoms with E-state index in [-0.39, 0.29) is 0 Å². The molecule has 0 bridgehead atoms. The molecule has 1 saturated heterocycles. The molecule has 1 N–H and O–H groups in total. The second kappa shape index (κ2) is 9.07. The summed E-state index contributed by atoms with van der Waals surface area (Å²) < 4.78 is 5.92. The van der Waals surface area contributed by atoms with Crippen molar-refractivity contribution in [2.45, 2.75) is 64.9 Å². The molecule has 0 amide bonds. The molecular weight excluding hydrogens is 302 g/mol. The second-order valence-electron chi connectivity index (χ2n) is 7.19. The van der Waals surface area contributed by atoms with Gasteiger partial charge in [0.1, 0.15) is 5.75 Å². The third kappa shape index (κ3) is 5.52. The Morgan fingerprint density at radius 1 is 1.25 bits per heavy atom. The van der Waals surface area contributed by atoms with Crippen molar-refractivity contribution >= 4 is 5.97 Å². The summed E-state index contributed by atoms with van der Waals surface area (Å²) in [5.41, 5.74) is 2.16. The van der Waals surface area contributed by atoms with Crippen molar-refractivity contribution in [3.63, 3.8) is 0 Å². The van der Waals surface area contributed by atoms with E-state index in [9.17, 15) is 9.90 Å². The van der Waals surface area contributed by atoms with Gasteiger partial charge in [-0.2, -0.15) is 0 Å². The summed E-state index contributed by atoms with van der Waals surface area (Å²) >= 11 is 0. The van der Waals surface area contributed by atoms with Crippen LogP contribution in [0.1, 0.15) is 63.0 Å². The van der Waals surface area contributed by atoms with E-state index in [1.54, 1.807) is 0 Å². The van der Waals surface area contributed by atoms with Gasteiger partial charge >= 0.3 is 5.97 Å². The van der Waals surface area contributed by atoms with E-state index in [1.807, 2.05) is 25.1 Å². The molecule has 2 rings (SSSR count). The number of rotatable bonds is 8. The summed E-state index contributed by atoms with van der Waals surface area (Å²) in [6.45, 7) is 9.47. The van der Waals surface area contributed by atoms with E-state index in [2.05, 4.69) is 18.7 Å². The molecule has 1 fully saturated rings. The molecule has 4 nitrogen and oxygen atoms in total. The fourth-order valence-corrected chi connectivity index (χ4v) is 3.29. The molecule has 0 aromatic heterocycles.